The van der Waals surface area contributed by atoms with E-state index in [9.17, 15) is 0 Å². The summed E-state index contributed by atoms with van der Waals surface area (Å²) in [7, 11) is 0. The standard InChI is InChI=1S/C16H30N2/c1-14-4-6-15(7-5-14)8-10-17-11-12-18-9-2-3-16(18)13-17/h14-16H,2-13H2,1H3. The molecule has 3 aliphatic rings. The van der Waals surface area contributed by atoms with Crippen molar-refractivity contribution in [3.8, 4) is 0 Å². The third-order valence-corrected chi connectivity index (χ3v) is 5.66. The molecule has 2 heteroatoms. The highest BCUT2D eigenvalue weighted by Crippen LogP contribution is 2.31. The topological polar surface area (TPSA) is 6.48 Å². The molecule has 0 aromatic heterocycles. The van der Waals surface area contributed by atoms with Gasteiger partial charge in [0.05, 0.1) is 0 Å². The normalized spacial score (nSPS) is 38.8. The van der Waals surface area contributed by atoms with Gasteiger partial charge in [-0.15, -0.1) is 0 Å². The van der Waals surface area contributed by atoms with Crippen LogP contribution >= 0.6 is 0 Å². The zero-order valence-electron chi connectivity index (χ0n) is 12.1. The number of fused-ring (bicyclic) bond motifs is 1. The molecule has 0 aromatic rings. The van der Waals surface area contributed by atoms with Crippen molar-refractivity contribution in [2.24, 2.45) is 11.8 Å². The van der Waals surface area contributed by atoms with E-state index >= 15 is 0 Å². The predicted molar refractivity (Wildman–Crippen MR) is 76.8 cm³/mol. The van der Waals surface area contributed by atoms with Crippen molar-refractivity contribution in [3.63, 3.8) is 0 Å². The molecule has 3 rings (SSSR count). The van der Waals surface area contributed by atoms with Crippen molar-refractivity contribution < 1.29 is 0 Å². The zero-order chi connectivity index (χ0) is 12.4. The van der Waals surface area contributed by atoms with E-state index in [-0.39, 0.29) is 0 Å². The van der Waals surface area contributed by atoms with Crippen molar-refractivity contribution in [2.75, 3.05) is 32.7 Å². The van der Waals surface area contributed by atoms with E-state index in [4.69, 9.17) is 0 Å². The maximum absolute atomic E-state index is 2.75. The van der Waals surface area contributed by atoms with Crippen LogP contribution in [0.5, 0.6) is 0 Å². The van der Waals surface area contributed by atoms with Crippen LogP contribution in [0.3, 0.4) is 0 Å². The molecule has 0 N–H and O–H groups in total. The number of rotatable bonds is 3. The van der Waals surface area contributed by atoms with E-state index in [2.05, 4.69) is 16.7 Å². The lowest BCUT2D eigenvalue weighted by Gasteiger charge is -2.38. The van der Waals surface area contributed by atoms with Crippen LogP contribution in [0.15, 0.2) is 0 Å². The third-order valence-electron chi connectivity index (χ3n) is 5.66. The predicted octanol–water partition coefficient (Wildman–Crippen LogP) is 2.98. The Morgan fingerprint density at radius 3 is 2.61 bits per heavy atom. The lowest BCUT2D eigenvalue weighted by atomic mass is 9.81. The Bertz CT molecular complexity index is 258. The average molecular weight is 250 g/mol. The van der Waals surface area contributed by atoms with Crippen molar-refractivity contribution >= 4 is 0 Å². The summed E-state index contributed by atoms with van der Waals surface area (Å²) in [5.74, 6) is 2.05. The molecular weight excluding hydrogens is 220 g/mol. The van der Waals surface area contributed by atoms with Crippen LogP contribution in [-0.2, 0) is 0 Å². The summed E-state index contributed by atoms with van der Waals surface area (Å²) in [6, 6.07) is 0.908. The maximum atomic E-state index is 2.75. The zero-order valence-corrected chi connectivity index (χ0v) is 12.1. The Labute approximate surface area is 113 Å². The maximum Gasteiger partial charge on any atom is 0.0224 e. The van der Waals surface area contributed by atoms with Gasteiger partial charge in [0.2, 0.25) is 0 Å². The summed E-state index contributed by atoms with van der Waals surface area (Å²) < 4.78 is 0. The summed E-state index contributed by atoms with van der Waals surface area (Å²) in [4.78, 5) is 5.48. The molecule has 2 saturated heterocycles. The highest BCUT2D eigenvalue weighted by atomic mass is 15.3. The van der Waals surface area contributed by atoms with Crippen LogP contribution in [0, 0.1) is 11.8 Å². The van der Waals surface area contributed by atoms with Gasteiger partial charge in [0.15, 0.2) is 0 Å². The molecule has 0 spiro atoms. The van der Waals surface area contributed by atoms with Gasteiger partial charge >= 0.3 is 0 Å². The highest BCUT2D eigenvalue weighted by molar-refractivity contribution is 4.87. The molecule has 2 heterocycles. The smallest absolute Gasteiger partial charge is 0.0224 e. The Balaban J connectivity index is 1.38. The summed E-state index contributed by atoms with van der Waals surface area (Å²) >= 11 is 0. The summed E-state index contributed by atoms with van der Waals surface area (Å²) in [6.45, 7) is 9.22. The Morgan fingerprint density at radius 2 is 1.78 bits per heavy atom. The van der Waals surface area contributed by atoms with Crippen molar-refractivity contribution in [1.29, 1.82) is 0 Å². The van der Waals surface area contributed by atoms with Crippen LogP contribution in [-0.4, -0.2) is 48.6 Å². The third kappa shape index (κ3) is 3.08. The molecule has 2 aliphatic heterocycles. The molecule has 0 amide bonds. The molecule has 104 valence electrons. The number of hydrogen-bond acceptors (Lipinski definition) is 2. The second-order valence-corrected chi connectivity index (χ2v) is 7.05. The van der Waals surface area contributed by atoms with Crippen molar-refractivity contribution in [3.05, 3.63) is 0 Å². The second kappa shape index (κ2) is 5.92. The van der Waals surface area contributed by atoms with Gasteiger partial charge in [-0.2, -0.15) is 0 Å². The fraction of sp³-hybridized carbons (Fsp3) is 1.00. The highest BCUT2D eigenvalue weighted by Gasteiger charge is 2.30. The monoisotopic (exact) mass is 250 g/mol. The first-order valence-corrected chi connectivity index (χ1v) is 8.27. The molecule has 3 fully saturated rings. The summed E-state index contributed by atoms with van der Waals surface area (Å²) in [5, 5.41) is 0. The van der Waals surface area contributed by atoms with Crippen molar-refractivity contribution in [1.82, 2.24) is 9.80 Å². The largest absolute Gasteiger partial charge is 0.301 e. The fourth-order valence-corrected chi connectivity index (χ4v) is 4.24. The van der Waals surface area contributed by atoms with Gasteiger partial charge in [0.25, 0.3) is 0 Å². The molecule has 1 atom stereocenters. The molecule has 0 aromatic carbocycles. The van der Waals surface area contributed by atoms with Crippen LogP contribution < -0.4 is 0 Å². The van der Waals surface area contributed by atoms with Crippen LogP contribution in [0.2, 0.25) is 0 Å². The van der Waals surface area contributed by atoms with Gasteiger partial charge in [0.1, 0.15) is 0 Å². The van der Waals surface area contributed by atoms with Crippen molar-refractivity contribution in [2.45, 2.75) is 57.9 Å². The number of piperazine rings is 1. The van der Waals surface area contributed by atoms with Gasteiger partial charge < -0.3 is 4.90 Å². The first-order chi connectivity index (χ1) is 8.81. The molecule has 18 heavy (non-hydrogen) atoms. The minimum atomic E-state index is 0.908. The van der Waals surface area contributed by atoms with E-state index in [1.54, 1.807) is 0 Å². The summed E-state index contributed by atoms with van der Waals surface area (Å²) in [5.41, 5.74) is 0. The SMILES string of the molecule is CC1CCC(CCN2CCN3CCCC3C2)CC1. The van der Waals surface area contributed by atoms with Gasteiger partial charge in [-0.25, -0.2) is 0 Å². The summed E-state index contributed by atoms with van der Waals surface area (Å²) in [6.07, 6.45) is 10.4. The van der Waals surface area contributed by atoms with E-state index < -0.39 is 0 Å². The molecule has 1 unspecified atom stereocenters. The van der Waals surface area contributed by atoms with Gasteiger partial charge in [-0.05, 0) is 44.2 Å². The first-order valence-electron chi connectivity index (χ1n) is 8.27. The van der Waals surface area contributed by atoms with Crippen LogP contribution in [0.4, 0.5) is 0 Å². The lowest BCUT2D eigenvalue weighted by molar-refractivity contribution is 0.0964. The molecular formula is C16H30N2. The molecule has 1 aliphatic carbocycles. The molecule has 0 radical (unpaired) electrons. The first kappa shape index (κ1) is 12.9. The van der Waals surface area contributed by atoms with Gasteiger partial charge in [-0.1, -0.05) is 32.6 Å². The lowest BCUT2D eigenvalue weighted by Crippen LogP contribution is -2.50. The molecule has 2 nitrogen and oxygen atoms in total. The van der Waals surface area contributed by atoms with E-state index in [1.807, 2.05) is 0 Å². The minimum Gasteiger partial charge on any atom is -0.301 e. The van der Waals surface area contributed by atoms with Gasteiger partial charge in [0, 0.05) is 25.7 Å². The Morgan fingerprint density at radius 1 is 0.944 bits per heavy atom. The second-order valence-electron chi connectivity index (χ2n) is 7.05. The number of hydrogen-bond donors (Lipinski definition) is 0. The molecule has 1 saturated carbocycles. The molecule has 0 bridgehead atoms. The minimum absolute atomic E-state index is 0.908. The average Bonchev–Trinajstić information content (AvgIpc) is 2.85. The number of nitrogens with zero attached hydrogens (tertiary/aromatic N) is 2. The quantitative estimate of drug-likeness (QED) is 0.760. The van der Waals surface area contributed by atoms with E-state index in [0.717, 1.165) is 17.9 Å². The fourth-order valence-electron chi connectivity index (χ4n) is 4.24. The van der Waals surface area contributed by atoms with Crippen LogP contribution in [0.1, 0.15) is 51.9 Å². The van der Waals surface area contributed by atoms with Gasteiger partial charge in [-0.3, -0.25) is 4.90 Å². The van der Waals surface area contributed by atoms with Crippen LogP contribution in [0.25, 0.3) is 0 Å². The van der Waals surface area contributed by atoms with E-state index in [0.29, 0.717) is 0 Å². The Kier molecular flexibility index (Phi) is 4.25. The Hall–Kier alpha value is -0.0800. The van der Waals surface area contributed by atoms with E-state index in [1.165, 1.54) is 77.7 Å².